The van der Waals surface area contributed by atoms with Crippen LogP contribution in [0.15, 0.2) is 18.3 Å². The summed E-state index contributed by atoms with van der Waals surface area (Å²) in [6.45, 7) is 3.02. The molecule has 1 aliphatic heterocycles. The summed E-state index contributed by atoms with van der Waals surface area (Å²) in [5, 5.41) is 6.95. The molecule has 2 aliphatic rings. The summed E-state index contributed by atoms with van der Waals surface area (Å²) in [5.74, 6) is 1.68. The van der Waals surface area contributed by atoms with Gasteiger partial charge in [0.25, 0.3) is 0 Å². The van der Waals surface area contributed by atoms with Crippen LogP contribution in [0.1, 0.15) is 19.3 Å². The summed E-state index contributed by atoms with van der Waals surface area (Å²) in [5.41, 5.74) is 0. The molecule has 2 N–H and O–H groups in total. The van der Waals surface area contributed by atoms with Crippen molar-refractivity contribution < 1.29 is 4.79 Å². The fourth-order valence-electron chi connectivity index (χ4n) is 2.67. The predicted molar refractivity (Wildman–Crippen MR) is 98.1 cm³/mol. The molecule has 23 heavy (non-hydrogen) atoms. The number of pyridine rings is 1. The van der Waals surface area contributed by atoms with Crippen molar-refractivity contribution in [1.82, 2.24) is 15.6 Å². The maximum Gasteiger partial charge on any atom is 0.234 e. The van der Waals surface area contributed by atoms with Gasteiger partial charge in [0.15, 0.2) is 0 Å². The Balaban J connectivity index is 0.00000132. The first-order chi connectivity index (χ1) is 10.2. The van der Waals surface area contributed by atoms with E-state index in [2.05, 4.69) is 20.5 Å². The van der Waals surface area contributed by atoms with Crippen molar-refractivity contribution in [2.24, 2.45) is 5.92 Å². The third-order valence-electron chi connectivity index (χ3n) is 4.01. The Bertz CT molecular complexity index is 513. The van der Waals surface area contributed by atoms with Crippen molar-refractivity contribution in [2.75, 3.05) is 31.1 Å². The van der Waals surface area contributed by atoms with E-state index in [1.54, 1.807) is 6.20 Å². The summed E-state index contributed by atoms with van der Waals surface area (Å²) in [4.78, 5) is 18.3. The monoisotopic (exact) mass is 380 g/mol. The maximum atomic E-state index is 11.9. The van der Waals surface area contributed by atoms with Gasteiger partial charge in [-0.1, -0.05) is 11.6 Å². The van der Waals surface area contributed by atoms with Gasteiger partial charge in [-0.3, -0.25) is 4.79 Å². The Kier molecular flexibility index (Phi) is 8.40. The summed E-state index contributed by atoms with van der Waals surface area (Å²) in [6, 6.07) is 3.85. The van der Waals surface area contributed by atoms with Gasteiger partial charge < -0.3 is 15.5 Å². The van der Waals surface area contributed by atoms with Crippen molar-refractivity contribution in [3.63, 3.8) is 0 Å². The SMILES string of the molecule is Cl.Cl.O=C(CNCC1CC1)NC1CCN(c2ncccc2Cl)C1. The van der Waals surface area contributed by atoms with Crippen LogP contribution < -0.4 is 15.5 Å². The highest BCUT2D eigenvalue weighted by Crippen LogP contribution is 2.27. The lowest BCUT2D eigenvalue weighted by Crippen LogP contribution is -2.42. The average Bonchev–Trinajstić information content (AvgIpc) is 3.18. The molecule has 2 heterocycles. The lowest BCUT2D eigenvalue weighted by atomic mass is 10.2. The zero-order valence-electron chi connectivity index (χ0n) is 12.8. The number of nitrogens with zero attached hydrogens (tertiary/aromatic N) is 2. The Hall–Kier alpha value is -0.750. The quantitative estimate of drug-likeness (QED) is 0.794. The first kappa shape index (κ1) is 20.3. The van der Waals surface area contributed by atoms with Crippen molar-refractivity contribution in [3.05, 3.63) is 23.4 Å². The summed E-state index contributed by atoms with van der Waals surface area (Å²) < 4.78 is 0. The molecule has 130 valence electrons. The first-order valence-electron chi connectivity index (χ1n) is 7.58. The van der Waals surface area contributed by atoms with Gasteiger partial charge in [-0.2, -0.15) is 0 Å². The molecule has 0 radical (unpaired) electrons. The third kappa shape index (κ3) is 5.99. The van der Waals surface area contributed by atoms with E-state index >= 15 is 0 Å². The molecule has 1 saturated carbocycles. The topological polar surface area (TPSA) is 57.3 Å². The van der Waals surface area contributed by atoms with Gasteiger partial charge in [-0.25, -0.2) is 4.98 Å². The zero-order chi connectivity index (χ0) is 14.7. The molecule has 1 aromatic rings. The molecule has 1 aliphatic carbocycles. The fraction of sp³-hybridized carbons (Fsp3) is 0.600. The molecular formula is C15H23Cl3N4O. The largest absolute Gasteiger partial charge is 0.353 e. The van der Waals surface area contributed by atoms with Crippen molar-refractivity contribution in [1.29, 1.82) is 0 Å². The normalized spacial score (nSPS) is 19.7. The van der Waals surface area contributed by atoms with E-state index in [4.69, 9.17) is 11.6 Å². The molecular weight excluding hydrogens is 359 g/mol. The second-order valence-corrected chi connectivity index (χ2v) is 6.29. The van der Waals surface area contributed by atoms with E-state index in [1.165, 1.54) is 12.8 Å². The minimum absolute atomic E-state index is 0. The van der Waals surface area contributed by atoms with E-state index in [9.17, 15) is 4.79 Å². The number of carbonyl (C=O) groups is 1. The van der Waals surface area contributed by atoms with Gasteiger partial charge in [0.05, 0.1) is 11.6 Å². The highest BCUT2D eigenvalue weighted by atomic mass is 35.5. The Morgan fingerprint density at radius 3 is 2.83 bits per heavy atom. The molecule has 1 aromatic heterocycles. The molecule has 0 bridgehead atoms. The first-order valence-corrected chi connectivity index (χ1v) is 7.95. The van der Waals surface area contributed by atoms with Crippen LogP contribution >= 0.6 is 36.4 Å². The summed E-state index contributed by atoms with van der Waals surface area (Å²) in [7, 11) is 0. The van der Waals surface area contributed by atoms with Crippen molar-refractivity contribution in [2.45, 2.75) is 25.3 Å². The predicted octanol–water partition coefficient (Wildman–Crippen LogP) is 2.27. The molecule has 0 aromatic carbocycles. The highest BCUT2D eigenvalue weighted by Gasteiger charge is 2.26. The smallest absolute Gasteiger partial charge is 0.234 e. The van der Waals surface area contributed by atoms with E-state index < -0.39 is 0 Å². The minimum Gasteiger partial charge on any atom is -0.353 e. The number of hydrogen-bond acceptors (Lipinski definition) is 4. The molecule has 5 nitrogen and oxygen atoms in total. The van der Waals surface area contributed by atoms with Crippen LogP contribution in [-0.4, -0.2) is 43.1 Å². The van der Waals surface area contributed by atoms with Crippen molar-refractivity contribution >= 4 is 48.1 Å². The van der Waals surface area contributed by atoms with Gasteiger partial charge in [-0.05, 0) is 43.9 Å². The number of halogens is 3. The molecule has 1 unspecified atom stereocenters. The van der Waals surface area contributed by atoms with Gasteiger partial charge >= 0.3 is 0 Å². The highest BCUT2D eigenvalue weighted by molar-refractivity contribution is 6.32. The number of hydrogen-bond donors (Lipinski definition) is 2. The number of aromatic nitrogens is 1. The van der Waals surface area contributed by atoms with Crippen molar-refractivity contribution in [3.8, 4) is 0 Å². The minimum atomic E-state index is 0. The second kappa shape index (κ2) is 9.52. The van der Waals surface area contributed by atoms with Crippen LogP contribution in [0.25, 0.3) is 0 Å². The molecule has 1 amide bonds. The van der Waals surface area contributed by atoms with E-state index in [-0.39, 0.29) is 36.8 Å². The second-order valence-electron chi connectivity index (χ2n) is 5.88. The number of nitrogens with one attached hydrogen (secondary N) is 2. The van der Waals surface area contributed by atoms with Gasteiger partial charge in [0.1, 0.15) is 5.82 Å². The van der Waals surface area contributed by atoms with E-state index in [1.807, 2.05) is 12.1 Å². The van der Waals surface area contributed by atoms with Crippen LogP contribution in [0.2, 0.25) is 5.02 Å². The lowest BCUT2D eigenvalue weighted by Gasteiger charge is -2.19. The van der Waals surface area contributed by atoms with Crippen LogP contribution in [0.5, 0.6) is 0 Å². The van der Waals surface area contributed by atoms with Gasteiger partial charge in [0.2, 0.25) is 5.91 Å². The average molecular weight is 382 g/mol. The van der Waals surface area contributed by atoms with E-state index in [0.29, 0.717) is 11.6 Å². The number of carbonyl (C=O) groups excluding carboxylic acids is 1. The maximum absolute atomic E-state index is 11.9. The number of amides is 1. The summed E-state index contributed by atoms with van der Waals surface area (Å²) >= 11 is 6.16. The van der Waals surface area contributed by atoms with Gasteiger partial charge in [-0.15, -0.1) is 24.8 Å². The standard InChI is InChI=1S/C15H21ClN4O.2ClH/c16-13-2-1-6-18-15(13)20-7-5-12(10-20)19-14(21)9-17-8-11-3-4-11;;/h1-2,6,11-12,17H,3-5,7-10H2,(H,19,21);2*1H. The fourth-order valence-corrected chi connectivity index (χ4v) is 2.91. The van der Waals surface area contributed by atoms with Gasteiger partial charge in [0, 0.05) is 25.3 Å². The lowest BCUT2D eigenvalue weighted by molar-refractivity contribution is -0.120. The molecule has 0 spiro atoms. The molecule has 2 fully saturated rings. The Morgan fingerprint density at radius 1 is 1.35 bits per heavy atom. The number of rotatable bonds is 6. The third-order valence-corrected chi connectivity index (χ3v) is 4.30. The molecule has 8 heteroatoms. The van der Waals surface area contributed by atoms with E-state index in [0.717, 1.165) is 37.8 Å². The molecule has 3 rings (SSSR count). The zero-order valence-corrected chi connectivity index (χ0v) is 15.2. The van der Waals surface area contributed by atoms with Crippen LogP contribution in [0.3, 0.4) is 0 Å². The van der Waals surface area contributed by atoms with Crippen LogP contribution in [0.4, 0.5) is 5.82 Å². The number of anilines is 1. The molecule has 1 saturated heterocycles. The Morgan fingerprint density at radius 2 is 2.13 bits per heavy atom. The Labute approximate surface area is 154 Å². The summed E-state index contributed by atoms with van der Waals surface area (Å²) in [6.07, 6.45) is 5.28. The molecule has 1 atom stereocenters. The van der Waals surface area contributed by atoms with Crippen LogP contribution in [-0.2, 0) is 4.79 Å². The van der Waals surface area contributed by atoms with Crippen LogP contribution in [0, 0.1) is 5.92 Å².